The van der Waals surface area contributed by atoms with E-state index in [4.69, 9.17) is 10.00 Å². The number of ether oxygens (including phenoxy) is 1. The summed E-state index contributed by atoms with van der Waals surface area (Å²) in [4.78, 5) is 4.47. The van der Waals surface area contributed by atoms with Gasteiger partial charge in [0.1, 0.15) is 6.10 Å². The molecular formula is C21H22N6O. The number of hydrogen-bond donors (Lipinski definition) is 2. The van der Waals surface area contributed by atoms with Crippen LogP contribution in [0.15, 0.2) is 48.9 Å². The molecule has 0 saturated carbocycles. The van der Waals surface area contributed by atoms with Crippen LogP contribution >= 0.6 is 0 Å². The second-order valence-electron chi connectivity index (χ2n) is 6.82. The lowest BCUT2D eigenvalue weighted by Crippen LogP contribution is -2.40. The van der Waals surface area contributed by atoms with E-state index in [0.717, 1.165) is 40.9 Å². The Kier molecular flexibility index (Phi) is 5.22. The number of benzene rings is 1. The van der Waals surface area contributed by atoms with Gasteiger partial charge >= 0.3 is 0 Å². The Balaban J connectivity index is 1.30. The third kappa shape index (κ3) is 3.97. The fourth-order valence-electron chi connectivity index (χ4n) is 3.27. The minimum absolute atomic E-state index is 0.00968. The molecule has 142 valence electrons. The van der Waals surface area contributed by atoms with E-state index in [2.05, 4.69) is 26.8 Å². The molecule has 0 aliphatic carbocycles. The SMILES string of the molecule is Cn1cc(-c2cnc3c(c2)NCC(CNCCc2ccccc2C#N)O3)cn1. The number of pyridine rings is 1. The van der Waals surface area contributed by atoms with E-state index >= 15 is 0 Å². The molecule has 3 heterocycles. The first-order chi connectivity index (χ1) is 13.7. The molecule has 7 heteroatoms. The molecule has 7 nitrogen and oxygen atoms in total. The molecule has 0 spiro atoms. The zero-order valence-electron chi connectivity index (χ0n) is 15.7. The monoisotopic (exact) mass is 374 g/mol. The molecule has 2 aromatic heterocycles. The summed E-state index contributed by atoms with van der Waals surface area (Å²) in [7, 11) is 1.90. The summed E-state index contributed by atoms with van der Waals surface area (Å²) >= 11 is 0. The van der Waals surface area contributed by atoms with Gasteiger partial charge in [-0.25, -0.2) is 4.98 Å². The lowest BCUT2D eigenvalue weighted by atomic mass is 10.1. The number of hydrogen-bond acceptors (Lipinski definition) is 6. The van der Waals surface area contributed by atoms with E-state index in [9.17, 15) is 0 Å². The van der Waals surface area contributed by atoms with Crippen molar-refractivity contribution in [1.82, 2.24) is 20.1 Å². The third-order valence-electron chi connectivity index (χ3n) is 4.77. The van der Waals surface area contributed by atoms with Crippen molar-refractivity contribution in [1.29, 1.82) is 5.26 Å². The summed E-state index contributed by atoms with van der Waals surface area (Å²) in [5.74, 6) is 0.625. The van der Waals surface area contributed by atoms with Gasteiger partial charge in [-0.05, 0) is 30.7 Å². The molecule has 1 unspecified atom stereocenters. The predicted molar refractivity (Wildman–Crippen MR) is 107 cm³/mol. The second-order valence-corrected chi connectivity index (χ2v) is 6.82. The molecule has 1 aromatic carbocycles. The van der Waals surface area contributed by atoms with Gasteiger partial charge in [0.2, 0.25) is 5.88 Å². The lowest BCUT2D eigenvalue weighted by Gasteiger charge is -2.27. The smallest absolute Gasteiger partial charge is 0.237 e. The van der Waals surface area contributed by atoms with Crippen LogP contribution in [0.4, 0.5) is 5.69 Å². The average Bonchev–Trinajstić information content (AvgIpc) is 3.17. The normalized spacial score (nSPS) is 15.2. The topological polar surface area (TPSA) is 87.8 Å². The number of aryl methyl sites for hydroxylation is 1. The highest BCUT2D eigenvalue weighted by atomic mass is 16.5. The molecule has 3 aromatic rings. The Bertz CT molecular complexity index is 1010. The first-order valence-electron chi connectivity index (χ1n) is 9.31. The van der Waals surface area contributed by atoms with E-state index in [0.29, 0.717) is 19.0 Å². The van der Waals surface area contributed by atoms with Gasteiger partial charge < -0.3 is 15.4 Å². The molecule has 0 radical (unpaired) electrons. The minimum atomic E-state index is 0.00968. The van der Waals surface area contributed by atoms with Crippen molar-refractivity contribution in [3.05, 3.63) is 60.0 Å². The van der Waals surface area contributed by atoms with Crippen molar-refractivity contribution in [2.24, 2.45) is 7.05 Å². The summed E-state index contributed by atoms with van der Waals surface area (Å²) in [5, 5.41) is 20.2. The Morgan fingerprint density at radius 2 is 2.21 bits per heavy atom. The molecule has 2 N–H and O–H groups in total. The van der Waals surface area contributed by atoms with Crippen LogP contribution in [0.1, 0.15) is 11.1 Å². The average molecular weight is 374 g/mol. The highest BCUT2D eigenvalue weighted by Crippen LogP contribution is 2.30. The molecule has 4 rings (SSSR count). The third-order valence-corrected chi connectivity index (χ3v) is 4.77. The molecular weight excluding hydrogens is 352 g/mol. The Hall–Kier alpha value is -3.37. The van der Waals surface area contributed by atoms with Crippen molar-refractivity contribution < 1.29 is 4.74 Å². The maximum absolute atomic E-state index is 9.15. The van der Waals surface area contributed by atoms with Crippen molar-refractivity contribution in [3.63, 3.8) is 0 Å². The van der Waals surface area contributed by atoms with E-state index in [1.54, 1.807) is 4.68 Å². The largest absolute Gasteiger partial charge is 0.470 e. The number of nitrogens with one attached hydrogen (secondary N) is 2. The van der Waals surface area contributed by atoms with Gasteiger partial charge in [-0.15, -0.1) is 0 Å². The number of nitrogens with zero attached hydrogens (tertiary/aromatic N) is 4. The second kappa shape index (κ2) is 8.11. The van der Waals surface area contributed by atoms with Crippen LogP contribution in [0.25, 0.3) is 11.1 Å². The maximum Gasteiger partial charge on any atom is 0.237 e. The van der Waals surface area contributed by atoms with Gasteiger partial charge in [0.15, 0.2) is 0 Å². The fraction of sp³-hybridized carbons (Fsp3) is 0.286. The van der Waals surface area contributed by atoms with E-state index < -0.39 is 0 Å². The quantitative estimate of drug-likeness (QED) is 0.644. The summed E-state index contributed by atoms with van der Waals surface area (Å²) in [5.41, 5.74) is 4.75. The van der Waals surface area contributed by atoms with Crippen LogP contribution in [-0.4, -0.2) is 40.5 Å². The molecule has 1 atom stereocenters. The molecule has 0 fully saturated rings. The minimum Gasteiger partial charge on any atom is -0.470 e. The van der Waals surface area contributed by atoms with Crippen molar-refractivity contribution >= 4 is 5.69 Å². The van der Waals surface area contributed by atoms with Crippen LogP contribution in [0.5, 0.6) is 5.88 Å². The van der Waals surface area contributed by atoms with Gasteiger partial charge in [0.25, 0.3) is 0 Å². The number of fused-ring (bicyclic) bond motifs is 1. The van der Waals surface area contributed by atoms with Crippen LogP contribution < -0.4 is 15.4 Å². The molecule has 1 aliphatic heterocycles. The molecule has 1 aliphatic rings. The molecule has 0 saturated heterocycles. The first kappa shape index (κ1) is 18.0. The van der Waals surface area contributed by atoms with Crippen LogP contribution in [0.3, 0.4) is 0 Å². The van der Waals surface area contributed by atoms with Gasteiger partial charge in [-0.1, -0.05) is 18.2 Å². The standard InChI is InChI=1S/C21H22N6O/c1-27-14-18(11-26-27)17-8-20-21(25-10-17)28-19(13-24-20)12-23-7-6-15-4-2-3-5-16(15)9-22/h2-5,8,10-11,14,19,23-24H,6-7,12-13H2,1H3. The summed E-state index contributed by atoms with van der Waals surface area (Å²) in [6.45, 7) is 2.22. The summed E-state index contributed by atoms with van der Waals surface area (Å²) < 4.78 is 7.79. The first-order valence-corrected chi connectivity index (χ1v) is 9.31. The van der Waals surface area contributed by atoms with Crippen molar-refractivity contribution in [3.8, 4) is 23.1 Å². The highest BCUT2D eigenvalue weighted by Gasteiger charge is 2.20. The number of nitriles is 1. The zero-order chi connectivity index (χ0) is 19.3. The summed E-state index contributed by atoms with van der Waals surface area (Å²) in [6, 6.07) is 12.0. The Labute approximate surface area is 164 Å². The van der Waals surface area contributed by atoms with Crippen molar-refractivity contribution in [2.75, 3.05) is 25.0 Å². The summed E-state index contributed by atoms with van der Waals surface area (Å²) in [6.07, 6.45) is 6.42. The maximum atomic E-state index is 9.15. The van der Waals surface area contributed by atoms with Crippen molar-refractivity contribution in [2.45, 2.75) is 12.5 Å². The number of rotatable bonds is 6. The highest BCUT2D eigenvalue weighted by molar-refractivity contribution is 5.69. The van der Waals surface area contributed by atoms with E-state index in [1.165, 1.54) is 0 Å². The Morgan fingerprint density at radius 3 is 3.04 bits per heavy atom. The molecule has 0 bridgehead atoms. The molecule has 0 amide bonds. The van der Waals surface area contributed by atoms with Gasteiger partial charge in [0.05, 0.1) is 30.1 Å². The zero-order valence-corrected chi connectivity index (χ0v) is 15.7. The predicted octanol–water partition coefficient (Wildman–Crippen LogP) is 2.36. The Morgan fingerprint density at radius 1 is 1.32 bits per heavy atom. The fourth-order valence-corrected chi connectivity index (χ4v) is 3.27. The molecule has 28 heavy (non-hydrogen) atoms. The van der Waals surface area contributed by atoms with E-state index in [-0.39, 0.29) is 6.10 Å². The lowest BCUT2D eigenvalue weighted by molar-refractivity contribution is 0.194. The van der Waals surface area contributed by atoms with E-state index in [1.807, 2.05) is 56.0 Å². The van der Waals surface area contributed by atoms with Gasteiger partial charge in [-0.3, -0.25) is 4.68 Å². The van der Waals surface area contributed by atoms with Crippen LogP contribution in [0, 0.1) is 11.3 Å². The van der Waals surface area contributed by atoms with Gasteiger partial charge in [-0.2, -0.15) is 10.4 Å². The van der Waals surface area contributed by atoms with Crippen LogP contribution in [0.2, 0.25) is 0 Å². The number of aromatic nitrogens is 3. The number of anilines is 1. The van der Waals surface area contributed by atoms with Gasteiger partial charge in [0, 0.05) is 37.1 Å². The van der Waals surface area contributed by atoms with Crippen LogP contribution in [-0.2, 0) is 13.5 Å².